The summed E-state index contributed by atoms with van der Waals surface area (Å²) in [6.45, 7) is 1.98. The van der Waals surface area contributed by atoms with Gasteiger partial charge in [0.25, 0.3) is 0 Å². The number of fused-ring (bicyclic) bond motifs is 1. The zero-order valence-electron chi connectivity index (χ0n) is 13.3. The van der Waals surface area contributed by atoms with Crippen LogP contribution in [-0.2, 0) is 11.3 Å². The summed E-state index contributed by atoms with van der Waals surface area (Å²) < 4.78 is 48.4. The van der Waals surface area contributed by atoms with Crippen molar-refractivity contribution in [1.82, 2.24) is 9.80 Å². The van der Waals surface area contributed by atoms with E-state index < -0.39 is 24.7 Å². The molecular formula is C16H19F3N2O3. The van der Waals surface area contributed by atoms with Gasteiger partial charge >= 0.3 is 6.18 Å². The number of nitrogens with zero attached hydrogens (tertiary/aromatic N) is 2. The van der Waals surface area contributed by atoms with Crippen LogP contribution in [0, 0.1) is 0 Å². The Morgan fingerprint density at radius 1 is 1.33 bits per heavy atom. The second kappa shape index (κ2) is 6.51. The van der Waals surface area contributed by atoms with Gasteiger partial charge in [-0.2, -0.15) is 13.2 Å². The maximum atomic E-state index is 12.5. The van der Waals surface area contributed by atoms with Crippen molar-refractivity contribution in [1.29, 1.82) is 0 Å². The van der Waals surface area contributed by atoms with Gasteiger partial charge in [-0.15, -0.1) is 0 Å². The number of carbonyl (C=O) groups is 1. The van der Waals surface area contributed by atoms with Gasteiger partial charge in [0.1, 0.15) is 6.54 Å². The Morgan fingerprint density at radius 2 is 2.12 bits per heavy atom. The average Bonchev–Trinajstić information content (AvgIpc) is 3.12. The number of carbonyl (C=O) groups excluding carboxylic acids is 1. The van der Waals surface area contributed by atoms with Gasteiger partial charge in [-0.1, -0.05) is 19.1 Å². The molecule has 0 N–H and O–H groups in total. The fourth-order valence-electron chi connectivity index (χ4n) is 3.21. The van der Waals surface area contributed by atoms with Crippen LogP contribution in [0.3, 0.4) is 0 Å². The third-order valence-electron chi connectivity index (χ3n) is 4.34. The summed E-state index contributed by atoms with van der Waals surface area (Å²) in [5, 5.41) is 0. The van der Waals surface area contributed by atoms with Gasteiger partial charge in [0.15, 0.2) is 11.5 Å². The lowest BCUT2D eigenvalue weighted by Gasteiger charge is -2.27. The quantitative estimate of drug-likeness (QED) is 0.823. The summed E-state index contributed by atoms with van der Waals surface area (Å²) in [5.41, 5.74) is 0.869. The first-order chi connectivity index (χ1) is 11.4. The molecule has 0 saturated carbocycles. The first-order valence-electron chi connectivity index (χ1n) is 7.86. The van der Waals surface area contributed by atoms with E-state index in [1.807, 2.05) is 24.0 Å². The third-order valence-corrected chi connectivity index (χ3v) is 4.34. The predicted molar refractivity (Wildman–Crippen MR) is 79.7 cm³/mol. The third kappa shape index (κ3) is 3.43. The van der Waals surface area contributed by atoms with Crippen molar-refractivity contribution in [3.63, 3.8) is 0 Å². The van der Waals surface area contributed by atoms with Crippen molar-refractivity contribution in [3.8, 4) is 11.5 Å². The van der Waals surface area contributed by atoms with Crippen LogP contribution >= 0.6 is 0 Å². The van der Waals surface area contributed by atoms with E-state index in [-0.39, 0.29) is 13.3 Å². The molecule has 1 amide bonds. The zero-order valence-corrected chi connectivity index (χ0v) is 13.3. The SMILES string of the molecule is CCN(Cc1cccc2c1OCO2)[C@@H]1CCN(CC(F)(F)F)C1=O. The van der Waals surface area contributed by atoms with Gasteiger partial charge in [0.05, 0.1) is 6.04 Å². The smallest absolute Gasteiger partial charge is 0.406 e. The molecule has 0 aliphatic carbocycles. The average molecular weight is 344 g/mol. The summed E-state index contributed by atoms with van der Waals surface area (Å²) in [5.74, 6) is 0.840. The number of rotatable bonds is 5. The second-order valence-electron chi connectivity index (χ2n) is 5.89. The lowest BCUT2D eigenvalue weighted by molar-refractivity contribution is -0.159. The molecule has 5 nitrogen and oxygen atoms in total. The Labute approximate surface area is 137 Å². The summed E-state index contributed by atoms with van der Waals surface area (Å²) in [7, 11) is 0. The fourth-order valence-corrected chi connectivity index (χ4v) is 3.21. The largest absolute Gasteiger partial charge is 0.454 e. The zero-order chi connectivity index (χ0) is 17.3. The summed E-state index contributed by atoms with van der Waals surface area (Å²) >= 11 is 0. The van der Waals surface area contributed by atoms with Crippen molar-refractivity contribution < 1.29 is 27.4 Å². The van der Waals surface area contributed by atoms with Crippen LogP contribution in [0.15, 0.2) is 18.2 Å². The molecule has 0 unspecified atom stereocenters. The molecule has 0 spiro atoms. The second-order valence-corrected chi connectivity index (χ2v) is 5.89. The number of hydrogen-bond acceptors (Lipinski definition) is 4. The van der Waals surface area contributed by atoms with Crippen LogP contribution < -0.4 is 9.47 Å². The molecule has 24 heavy (non-hydrogen) atoms. The van der Waals surface area contributed by atoms with E-state index in [9.17, 15) is 18.0 Å². The first-order valence-corrected chi connectivity index (χ1v) is 7.86. The molecule has 1 atom stereocenters. The van der Waals surface area contributed by atoms with Crippen molar-refractivity contribution >= 4 is 5.91 Å². The van der Waals surface area contributed by atoms with Crippen molar-refractivity contribution in [3.05, 3.63) is 23.8 Å². The highest BCUT2D eigenvalue weighted by Crippen LogP contribution is 2.36. The molecule has 2 heterocycles. The lowest BCUT2D eigenvalue weighted by atomic mass is 10.1. The Kier molecular flexibility index (Phi) is 4.58. The molecule has 1 saturated heterocycles. The van der Waals surface area contributed by atoms with Crippen LogP contribution in [0.1, 0.15) is 18.9 Å². The minimum atomic E-state index is -4.37. The summed E-state index contributed by atoms with van der Waals surface area (Å²) in [4.78, 5) is 15.1. The van der Waals surface area contributed by atoms with Gasteiger partial charge < -0.3 is 14.4 Å². The molecule has 2 aliphatic rings. The molecule has 1 aromatic rings. The maximum absolute atomic E-state index is 12.5. The number of ether oxygens (including phenoxy) is 2. The Morgan fingerprint density at radius 3 is 2.83 bits per heavy atom. The van der Waals surface area contributed by atoms with Crippen LogP contribution in [-0.4, -0.2) is 54.4 Å². The molecule has 132 valence electrons. The van der Waals surface area contributed by atoms with Crippen molar-refractivity contribution in [2.24, 2.45) is 0 Å². The van der Waals surface area contributed by atoms with Gasteiger partial charge in [0.2, 0.25) is 12.7 Å². The minimum absolute atomic E-state index is 0.131. The van der Waals surface area contributed by atoms with Gasteiger partial charge in [0, 0.05) is 18.7 Å². The van der Waals surface area contributed by atoms with Crippen LogP contribution in [0.5, 0.6) is 11.5 Å². The number of benzene rings is 1. The van der Waals surface area contributed by atoms with Crippen molar-refractivity contribution in [2.75, 3.05) is 26.4 Å². The highest BCUT2D eigenvalue weighted by atomic mass is 19.4. The number of likely N-dealkylation sites (N-methyl/N-ethyl adjacent to an activating group) is 1. The molecule has 1 aromatic carbocycles. The normalized spacial score (nSPS) is 20.3. The van der Waals surface area contributed by atoms with E-state index >= 15 is 0 Å². The molecule has 2 aliphatic heterocycles. The number of para-hydroxylation sites is 1. The van der Waals surface area contributed by atoms with E-state index in [1.54, 1.807) is 6.07 Å². The Hall–Kier alpha value is -1.96. The molecule has 0 aromatic heterocycles. The van der Waals surface area contributed by atoms with Crippen LogP contribution in [0.2, 0.25) is 0 Å². The molecule has 3 rings (SSSR count). The van der Waals surface area contributed by atoms with Gasteiger partial charge in [-0.25, -0.2) is 0 Å². The molecule has 1 fully saturated rings. The van der Waals surface area contributed by atoms with E-state index in [0.29, 0.717) is 31.0 Å². The minimum Gasteiger partial charge on any atom is -0.454 e. The standard InChI is InChI=1S/C16H19F3N2O3/c1-2-20(8-11-4-3-5-13-14(11)24-10-23-13)12-6-7-21(15(12)22)9-16(17,18)19/h3-5,12H,2,6-10H2,1H3/t12-/m1/s1. The lowest BCUT2D eigenvalue weighted by Crippen LogP contribution is -2.43. The van der Waals surface area contributed by atoms with E-state index in [4.69, 9.17) is 9.47 Å². The van der Waals surface area contributed by atoms with Gasteiger partial charge in [-0.05, 0) is 19.0 Å². The van der Waals surface area contributed by atoms with Crippen molar-refractivity contribution in [2.45, 2.75) is 32.1 Å². The number of alkyl halides is 3. The highest BCUT2D eigenvalue weighted by Gasteiger charge is 2.41. The first kappa shape index (κ1) is 16.9. The number of likely N-dealkylation sites (tertiary alicyclic amines) is 1. The number of amides is 1. The van der Waals surface area contributed by atoms with E-state index in [0.717, 1.165) is 10.5 Å². The monoisotopic (exact) mass is 344 g/mol. The summed E-state index contributed by atoms with van der Waals surface area (Å²) in [6.07, 6.45) is -3.97. The molecular weight excluding hydrogens is 325 g/mol. The molecule has 8 heteroatoms. The summed E-state index contributed by atoms with van der Waals surface area (Å²) in [6, 6.07) is 4.98. The maximum Gasteiger partial charge on any atom is 0.406 e. The van der Waals surface area contributed by atoms with Gasteiger partial charge in [-0.3, -0.25) is 9.69 Å². The van der Waals surface area contributed by atoms with E-state index in [1.165, 1.54) is 0 Å². The molecule has 0 radical (unpaired) electrons. The van der Waals surface area contributed by atoms with Crippen LogP contribution in [0.4, 0.5) is 13.2 Å². The predicted octanol–water partition coefficient (Wildman–Crippen LogP) is 2.40. The number of halogens is 3. The molecule has 0 bridgehead atoms. The topological polar surface area (TPSA) is 42.0 Å². The Balaban J connectivity index is 1.71. The Bertz CT molecular complexity index is 621. The number of hydrogen-bond donors (Lipinski definition) is 0. The highest BCUT2D eigenvalue weighted by molar-refractivity contribution is 5.84. The van der Waals surface area contributed by atoms with Crippen LogP contribution in [0.25, 0.3) is 0 Å². The van der Waals surface area contributed by atoms with E-state index in [2.05, 4.69) is 0 Å². The fraction of sp³-hybridized carbons (Fsp3) is 0.562.